The van der Waals surface area contributed by atoms with Gasteiger partial charge in [0.2, 0.25) is 11.8 Å². The molecule has 0 spiro atoms. The van der Waals surface area contributed by atoms with Crippen molar-refractivity contribution in [3.8, 4) is 0 Å². The predicted molar refractivity (Wildman–Crippen MR) is 75.1 cm³/mol. The molecule has 0 radical (unpaired) electrons. The van der Waals surface area contributed by atoms with Crippen LogP contribution >= 0.6 is 0 Å². The van der Waals surface area contributed by atoms with Gasteiger partial charge in [0.05, 0.1) is 5.92 Å². The van der Waals surface area contributed by atoms with E-state index < -0.39 is 0 Å². The summed E-state index contributed by atoms with van der Waals surface area (Å²) in [5, 5.41) is 8.82. The zero-order valence-corrected chi connectivity index (χ0v) is 11.2. The molecule has 2 amide bonds. The molecule has 102 valence electrons. The fourth-order valence-electron chi connectivity index (χ4n) is 2.15. The Morgan fingerprint density at radius 1 is 1.32 bits per heavy atom. The standard InChI is InChI=1S/C14H19N3O2/c1-9-3-4-12(7-13(9)16-10(2)18)17-14(19)11-5-6-15-8-11/h3-4,7,11,15H,5-6,8H2,1-2H3,(H,16,18)(H,17,19). The first kappa shape index (κ1) is 13.5. The average molecular weight is 261 g/mol. The van der Waals surface area contributed by atoms with Gasteiger partial charge in [0.1, 0.15) is 0 Å². The van der Waals surface area contributed by atoms with Gasteiger partial charge in [-0.05, 0) is 37.6 Å². The average Bonchev–Trinajstić information content (AvgIpc) is 2.86. The summed E-state index contributed by atoms with van der Waals surface area (Å²) in [6.07, 6.45) is 0.871. The van der Waals surface area contributed by atoms with Crippen LogP contribution in [0.4, 0.5) is 11.4 Å². The van der Waals surface area contributed by atoms with E-state index in [0.717, 1.165) is 30.8 Å². The van der Waals surface area contributed by atoms with Crippen LogP contribution in [-0.4, -0.2) is 24.9 Å². The second-order valence-corrected chi connectivity index (χ2v) is 4.89. The minimum atomic E-state index is -0.119. The van der Waals surface area contributed by atoms with Gasteiger partial charge < -0.3 is 16.0 Å². The van der Waals surface area contributed by atoms with Gasteiger partial charge in [0, 0.05) is 24.8 Å². The highest BCUT2D eigenvalue weighted by atomic mass is 16.2. The van der Waals surface area contributed by atoms with Crippen LogP contribution in [0, 0.1) is 12.8 Å². The van der Waals surface area contributed by atoms with E-state index in [2.05, 4.69) is 16.0 Å². The molecule has 0 aliphatic carbocycles. The number of amides is 2. The molecule has 2 rings (SSSR count). The molecule has 1 unspecified atom stereocenters. The van der Waals surface area contributed by atoms with Crippen LogP contribution < -0.4 is 16.0 Å². The summed E-state index contributed by atoms with van der Waals surface area (Å²) >= 11 is 0. The molecule has 1 aromatic rings. The Balaban J connectivity index is 2.07. The smallest absolute Gasteiger partial charge is 0.228 e. The Hall–Kier alpha value is -1.88. The van der Waals surface area contributed by atoms with E-state index in [1.54, 1.807) is 6.07 Å². The SMILES string of the molecule is CC(=O)Nc1cc(NC(=O)C2CCNC2)ccc1C. The largest absolute Gasteiger partial charge is 0.326 e. The number of aryl methyl sites for hydroxylation is 1. The molecule has 0 saturated carbocycles. The van der Waals surface area contributed by atoms with Gasteiger partial charge in [-0.25, -0.2) is 0 Å². The van der Waals surface area contributed by atoms with E-state index in [4.69, 9.17) is 0 Å². The minimum absolute atomic E-state index is 0.0302. The number of hydrogen-bond donors (Lipinski definition) is 3. The molecule has 1 aliphatic heterocycles. The van der Waals surface area contributed by atoms with Crippen molar-refractivity contribution in [2.24, 2.45) is 5.92 Å². The van der Waals surface area contributed by atoms with Crippen LogP contribution in [0.2, 0.25) is 0 Å². The van der Waals surface area contributed by atoms with E-state index in [-0.39, 0.29) is 17.7 Å². The van der Waals surface area contributed by atoms with Gasteiger partial charge in [-0.2, -0.15) is 0 Å². The number of anilines is 2. The van der Waals surface area contributed by atoms with Gasteiger partial charge >= 0.3 is 0 Å². The third kappa shape index (κ3) is 3.54. The van der Waals surface area contributed by atoms with E-state index in [1.165, 1.54) is 6.92 Å². The molecule has 1 aliphatic rings. The van der Waals surface area contributed by atoms with Gasteiger partial charge in [-0.1, -0.05) is 6.07 Å². The first-order valence-corrected chi connectivity index (χ1v) is 6.46. The molecule has 3 N–H and O–H groups in total. The highest BCUT2D eigenvalue weighted by Gasteiger charge is 2.22. The summed E-state index contributed by atoms with van der Waals surface area (Å²) in [6.45, 7) is 5.01. The Bertz CT molecular complexity index is 493. The Morgan fingerprint density at radius 2 is 2.11 bits per heavy atom. The molecule has 19 heavy (non-hydrogen) atoms. The molecule has 1 heterocycles. The van der Waals surface area contributed by atoms with Crippen molar-refractivity contribution in [2.45, 2.75) is 20.3 Å². The van der Waals surface area contributed by atoms with Crippen molar-refractivity contribution in [2.75, 3.05) is 23.7 Å². The maximum Gasteiger partial charge on any atom is 0.228 e. The molecule has 1 saturated heterocycles. The molecular formula is C14H19N3O2. The lowest BCUT2D eigenvalue weighted by Gasteiger charge is -2.12. The summed E-state index contributed by atoms with van der Waals surface area (Å²) < 4.78 is 0. The zero-order valence-electron chi connectivity index (χ0n) is 11.2. The third-order valence-corrected chi connectivity index (χ3v) is 3.25. The number of carbonyl (C=O) groups is 2. The Labute approximate surface area is 112 Å². The second kappa shape index (κ2) is 5.84. The normalized spacial score (nSPS) is 18.1. The Morgan fingerprint density at radius 3 is 2.74 bits per heavy atom. The van der Waals surface area contributed by atoms with Crippen molar-refractivity contribution in [1.82, 2.24) is 5.32 Å². The van der Waals surface area contributed by atoms with E-state index >= 15 is 0 Å². The van der Waals surface area contributed by atoms with Crippen LogP contribution in [0.1, 0.15) is 18.9 Å². The van der Waals surface area contributed by atoms with Crippen LogP contribution in [-0.2, 0) is 9.59 Å². The summed E-state index contributed by atoms with van der Waals surface area (Å²) in [7, 11) is 0. The maximum atomic E-state index is 12.0. The monoisotopic (exact) mass is 261 g/mol. The van der Waals surface area contributed by atoms with E-state index in [0.29, 0.717) is 5.69 Å². The molecular weight excluding hydrogens is 242 g/mol. The van der Waals surface area contributed by atoms with Gasteiger partial charge in [0.25, 0.3) is 0 Å². The zero-order chi connectivity index (χ0) is 13.8. The second-order valence-electron chi connectivity index (χ2n) is 4.89. The topological polar surface area (TPSA) is 70.2 Å². The molecule has 1 fully saturated rings. The van der Waals surface area contributed by atoms with Gasteiger partial charge in [-0.3, -0.25) is 9.59 Å². The molecule has 1 atom stereocenters. The van der Waals surface area contributed by atoms with Crippen LogP contribution in [0.25, 0.3) is 0 Å². The molecule has 5 nitrogen and oxygen atoms in total. The molecule has 0 aromatic heterocycles. The summed E-state index contributed by atoms with van der Waals surface area (Å²) in [5.41, 5.74) is 2.41. The van der Waals surface area contributed by atoms with Crippen molar-refractivity contribution in [3.05, 3.63) is 23.8 Å². The van der Waals surface area contributed by atoms with Crippen LogP contribution in [0.5, 0.6) is 0 Å². The lowest BCUT2D eigenvalue weighted by molar-refractivity contribution is -0.119. The fourth-order valence-corrected chi connectivity index (χ4v) is 2.15. The number of hydrogen-bond acceptors (Lipinski definition) is 3. The first-order chi connectivity index (χ1) is 9.06. The highest BCUT2D eigenvalue weighted by molar-refractivity contribution is 5.95. The molecule has 1 aromatic carbocycles. The number of carbonyl (C=O) groups excluding carboxylic acids is 2. The predicted octanol–water partition coefficient (Wildman–Crippen LogP) is 1.50. The van der Waals surface area contributed by atoms with Crippen LogP contribution in [0.15, 0.2) is 18.2 Å². The maximum absolute atomic E-state index is 12.0. The lowest BCUT2D eigenvalue weighted by atomic mass is 10.1. The quantitative estimate of drug-likeness (QED) is 0.772. The van der Waals surface area contributed by atoms with Crippen molar-refractivity contribution >= 4 is 23.2 Å². The van der Waals surface area contributed by atoms with Gasteiger partial charge in [0.15, 0.2) is 0 Å². The molecule has 5 heteroatoms. The van der Waals surface area contributed by atoms with Crippen molar-refractivity contribution < 1.29 is 9.59 Å². The lowest BCUT2D eigenvalue weighted by Crippen LogP contribution is -2.24. The van der Waals surface area contributed by atoms with Gasteiger partial charge in [-0.15, -0.1) is 0 Å². The summed E-state index contributed by atoms with van der Waals surface area (Å²) in [4.78, 5) is 23.1. The highest BCUT2D eigenvalue weighted by Crippen LogP contribution is 2.21. The van der Waals surface area contributed by atoms with Crippen LogP contribution in [0.3, 0.4) is 0 Å². The number of benzene rings is 1. The van der Waals surface area contributed by atoms with Crippen molar-refractivity contribution in [1.29, 1.82) is 0 Å². The van der Waals surface area contributed by atoms with Crippen molar-refractivity contribution in [3.63, 3.8) is 0 Å². The minimum Gasteiger partial charge on any atom is -0.326 e. The van der Waals surface area contributed by atoms with E-state index in [1.807, 2.05) is 19.1 Å². The van der Waals surface area contributed by atoms with E-state index in [9.17, 15) is 9.59 Å². The summed E-state index contributed by atoms with van der Waals surface area (Å²) in [5.74, 6) is -0.0558. The number of rotatable bonds is 3. The number of nitrogens with one attached hydrogen (secondary N) is 3. The Kier molecular flexibility index (Phi) is 4.16. The summed E-state index contributed by atoms with van der Waals surface area (Å²) in [6, 6.07) is 5.52. The fraction of sp³-hybridized carbons (Fsp3) is 0.429. The third-order valence-electron chi connectivity index (χ3n) is 3.25. The first-order valence-electron chi connectivity index (χ1n) is 6.46. The molecule has 0 bridgehead atoms.